The van der Waals surface area contributed by atoms with E-state index in [1.165, 1.54) is 4.90 Å². The second kappa shape index (κ2) is 8.70. The Morgan fingerprint density at radius 1 is 0.967 bits per heavy atom. The number of aryl methyl sites for hydroxylation is 1. The fourth-order valence-corrected chi connectivity index (χ4v) is 4.44. The maximum atomic E-state index is 13.1. The van der Waals surface area contributed by atoms with Crippen LogP contribution in [0.5, 0.6) is 0 Å². The zero-order valence-electron chi connectivity index (χ0n) is 16.8. The number of aliphatic hydroxyl groups excluding tert-OH is 1. The zero-order chi connectivity index (χ0) is 21.3. The standard InChI is InChI=1S/C25H22BrNO2S/c1-16-3-7-18(8-4-16)22-23(19-9-11-20(26)12-10-19)27(25(29)24(22)28)15-17-5-13-21(30-2)14-6-17/h3-14,23,28H,15H2,1-2H3. The molecule has 0 spiro atoms. The van der Waals surface area contributed by atoms with Crippen LogP contribution in [-0.2, 0) is 11.3 Å². The van der Waals surface area contributed by atoms with Crippen LogP contribution in [0.1, 0.15) is 28.3 Å². The number of amides is 1. The molecule has 3 nitrogen and oxygen atoms in total. The molecule has 1 heterocycles. The van der Waals surface area contributed by atoms with Crippen LogP contribution in [0.25, 0.3) is 5.57 Å². The largest absolute Gasteiger partial charge is 0.503 e. The number of benzene rings is 3. The molecule has 3 aromatic carbocycles. The third-order valence-corrected chi connectivity index (χ3v) is 6.64. The molecule has 1 unspecified atom stereocenters. The topological polar surface area (TPSA) is 40.5 Å². The van der Waals surface area contributed by atoms with Gasteiger partial charge in [0.15, 0.2) is 5.76 Å². The average molecular weight is 480 g/mol. The normalized spacial score (nSPS) is 16.4. The summed E-state index contributed by atoms with van der Waals surface area (Å²) in [4.78, 5) is 16.1. The molecule has 30 heavy (non-hydrogen) atoms. The Bertz CT molecular complexity index is 1090. The summed E-state index contributed by atoms with van der Waals surface area (Å²) in [7, 11) is 0. The molecule has 0 aromatic heterocycles. The van der Waals surface area contributed by atoms with Gasteiger partial charge in [-0.05, 0) is 54.1 Å². The molecule has 1 aliphatic rings. The highest BCUT2D eigenvalue weighted by Gasteiger charge is 2.40. The van der Waals surface area contributed by atoms with Crippen LogP contribution in [0.4, 0.5) is 0 Å². The number of aliphatic hydroxyl groups is 1. The van der Waals surface area contributed by atoms with Crippen molar-refractivity contribution in [1.29, 1.82) is 0 Å². The maximum Gasteiger partial charge on any atom is 0.290 e. The van der Waals surface area contributed by atoms with E-state index in [1.54, 1.807) is 16.7 Å². The van der Waals surface area contributed by atoms with E-state index in [9.17, 15) is 9.90 Å². The number of halogens is 1. The molecule has 1 aliphatic heterocycles. The molecule has 0 saturated carbocycles. The summed E-state index contributed by atoms with van der Waals surface area (Å²) < 4.78 is 0.972. The Balaban J connectivity index is 1.77. The Labute approximate surface area is 189 Å². The van der Waals surface area contributed by atoms with Crippen molar-refractivity contribution in [1.82, 2.24) is 4.90 Å². The highest BCUT2D eigenvalue weighted by molar-refractivity contribution is 9.10. The summed E-state index contributed by atoms with van der Waals surface area (Å²) in [6.45, 7) is 2.45. The fraction of sp³-hybridized carbons (Fsp3) is 0.160. The number of hydrogen-bond acceptors (Lipinski definition) is 3. The van der Waals surface area contributed by atoms with Gasteiger partial charge in [-0.15, -0.1) is 11.8 Å². The molecule has 1 amide bonds. The minimum absolute atomic E-state index is 0.174. The summed E-state index contributed by atoms with van der Waals surface area (Å²) in [6.07, 6.45) is 2.04. The van der Waals surface area contributed by atoms with Crippen LogP contribution in [0.3, 0.4) is 0 Å². The van der Waals surface area contributed by atoms with Gasteiger partial charge < -0.3 is 10.0 Å². The first-order valence-electron chi connectivity index (χ1n) is 9.67. The molecule has 0 fully saturated rings. The van der Waals surface area contributed by atoms with E-state index >= 15 is 0 Å². The van der Waals surface area contributed by atoms with Crippen molar-refractivity contribution in [2.24, 2.45) is 0 Å². The second-order valence-electron chi connectivity index (χ2n) is 7.36. The quantitative estimate of drug-likeness (QED) is 0.422. The first kappa shape index (κ1) is 20.8. The lowest BCUT2D eigenvalue weighted by Gasteiger charge is -2.27. The predicted octanol–water partition coefficient (Wildman–Crippen LogP) is 6.53. The molecule has 1 atom stereocenters. The van der Waals surface area contributed by atoms with Gasteiger partial charge in [0.25, 0.3) is 5.91 Å². The van der Waals surface area contributed by atoms with E-state index in [-0.39, 0.29) is 17.7 Å². The SMILES string of the molecule is CSc1ccc(CN2C(=O)C(O)=C(c3ccc(C)cc3)C2c2ccc(Br)cc2)cc1. The Hall–Kier alpha value is -2.50. The Kier molecular flexibility index (Phi) is 6.02. The van der Waals surface area contributed by atoms with Crippen molar-refractivity contribution in [3.8, 4) is 0 Å². The smallest absolute Gasteiger partial charge is 0.290 e. The van der Waals surface area contributed by atoms with Gasteiger partial charge in [-0.3, -0.25) is 4.79 Å². The van der Waals surface area contributed by atoms with Crippen molar-refractivity contribution in [3.63, 3.8) is 0 Å². The Morgan fingerprint density at radius 3 is 2.20 bits per heavy atom. The predicted molar refractivity (Wildman–Crippen MR) is 126 cm³/mol. The van der Waals surface area contributed by atoms with E-state index in [2.05, 4.69) is 28.1 Å². The number of hydrogen-bond donors (Lipinski definition) is 1. The number of rotatable bonds is 5. The third kappa shape index (κ3) is 4.05. The van der Waals surface area contributed by atoms with Gasteiger partial charge in [0.05, 0.1) is 6.04 Å². The van der Waals surface area contributed by atoms with Gasteiger partial charge in [-0.1, -0.05) is 70.0 Å². The summed E-state index contributed by atoms with van der Waals surface area (Å²) in [6, 6.07) is 23.7. The summed E-state index contributed by atoms with van der Waals surface area (Å²) >= 11 is 5.17. The highest BCUT2D eigenvalue weighted by Crippen LogP contribution is 2.44. The molecular formula is C25H22BrNO2S. The Morgan fingerprint density at radius 2 is 1.60 bits per heavy atom. The van der Waals surface area contributed by atoms with Crippen LogP contribution in [0.2, 0.25) is 0 Å². The van der Waals surface area contributed by atoms with Crippen molar-refractivity contribution in [3.05, 3.63) is 105 Å². The molecule has 0 saturated heterocycles. The van der Waals surface area contributed by atoms with E-state index in [0.29, 0.717) is 12.1 Å². The average Bonchev–Trinajstić information content (AvgIpc) is 3.00. The minimum atomic E-state index is -0.353. The molecular weight excluding hydrogens is 458 g/mol. The van der Waals surface area contributed by atoms with Gasteiger partial charge in [0.1, 0.15) is 0 Å². The van der Waals surface area contributed by atoms with Gasteiger partial charge in [0, 0.05) is 21.5 Å². The lowest BCUT2D eigenvalue weighted by atomic mass is 9.93. The molecule has 152 valence electrons. The number of carbonyl (C=O) groups excluding carboxylic acids is 1. The van der Waals surface area contributed by atoms with Crippen molar-refractivity contribution in [2.45, 2.75) is 24.4 Å². The molecule has 0 radical (unpaired) electrons. The van der Waals surface area contributed by atoms with Crippen molar-refractivity contribution >= 4 is 39.2 Å². The van der Waals surface area contributed by atoms with Gasteiger partial charge in [0.2, 0.25) is 0 Å². The monoisotopic (exact) mass is 479 g/mol. The van der Waals surface area contributed by atoms with Crippen LogP contribution < -0.4 is 0 Å². The lowest BCUT2D eigenvalue weighted by molar-refractivity contribution is -0.130. The lowest BCUT2D eigenvalue weighted by Crippen LogP contribution is -2.29. The van der Waals surface area contributed by atoms with Gasteiger partial charge >= 0.3 is 0 Å². The van der Waals surface area contributed by atoms with Crippen LogP contribution in [0, 0.1) is 6.92 Å². The fourth-order valence-electron chi connectivity index (χ4n) is 3.76. The maximum absolute atomic E-state index is 13.1. The number of carbonyl (C=O) groups is 1. The van der Waals surface area contributed by atoms with Gasteiger partial charge in [-0.2, -0.15) is 0 Å². The molecule has 3 aromatic rings. The first-order valence-corrected chi connectivity index (χ1v) is 11.7. The van der Waals surface area contributed by atoms with E-state index in [4.69, 9.17) is 0 Å². The summed E-state index contributed by atoms with van der Waals surface area (Å²) in [5, 5.41) is 10.9. The molecule has 0 bridgehead atoms. The van der Waals surface area contributed by atoms with Crippen molar-refractivity contribution < 1.29 is 9.90 Å². The van der Waals surface area contributed by atoms with Crippen molar-refractivity contribution in [2.75, 3.05) is 6.26 Å². The highest BCUT2D eigenvalue weighted by atomic mass is 79.9. The van der Waals surface area contributed by atoms with E-state index < -0.39 is 0 Å². The molecule has 4 rings (SSSR count). The van der Waals surface area contributed by atoms with E-state index in [0.717, 1.165) is 26.7 Å². The number of thioether (sulfide) groups is 1. The summed E-state index contributed by atoms with van der Waals surface area (Å²) in [5.74, 6) is -0.514. The van der Waals surface area contributed by atoms with Crippen LogP contribution in [-0.4, -0.2) is 22.2 Å². The molecule has 5 heteroatoms. The van der Waals surface area contributed by atoms with Crippen LogP contribution in [0.15, 0.2) is 87.9 Å². The summed E-state index contributed by atoms with van der Waals surface area (Å²) in [5.41, 5.74) is 4.64. The second-order valence-corrected chi connectivity index (χ2v) is 9.16. The molecule has 0 aliphatic carbocycles. The van der Waals surface area contributed by atoms with Gasteiger partial charge in [-0.25, -0.2) is 0 Å². The minimum Gasteiger partial charge on any atom is -0.503 e. The first-order chi connectivity index (χ1) is 14.5. The third-order valence-electron chi connectivity index (χ3n) is 5.36. The number of nitrogens with zero attached hydrogens (tertiary/aromatic N) is 1. The zero-order valence-corrected chi connectivity index (χ0v) is 19.2. The molecule has 1 N–H and O–H groups in total. The van der Waals surface area contributed by atoms with Crippen LogP contribution >= 0.6 is 27.7 Å². The van der Waals surface area contributed by atoms with E-state index in [1.807, 2.05) is 73.8 Å².